The molecule has 2 N–H and O–H groups in total. The first-order valence-electron chi connectivity index (χ1n) is 4.08. The van der Waals surface area contributed by atoms with Crippen molar-refractivity contribution < 1.29 is 4.74 Å². The molecule has 0 aromatic carbocycles. The monoisotopic (exact) mass is 166 g/mol. The third-order valence-electron chi connectivity index (χ3n) is 1.58. The molecular weight excluding hydrogens is 152 g/mol. The summed E-state index contributed by atoms with van der Waals surface area (Å²) < 4.78 is 5.19. The first-order chi connectivity index (χ1) is 5.74. The predicted molar refractivity (Wildman–Crippen MR) is 48.0 cm³/mol. The van der Waals surface area contributed by atoms with E-state index in [1.807, 2.05) is 26.0 Å². The summed E-state index contributed by atoms with van der Waals surface area (Å²) in [7, 11) is 0. The Morgan fingerprint density at radius 3 is 2.75 bits per heavy atom. The van der Waals surface area contributed by atoms with Crippen molar-refractivity contribution in [3.05, 3.63) is 23.9 Å². The fourth-order valence-corrected chi connectivity index (χ4v) is 0.894. The van der Waals surface area contributed by atoms with Crippen LogP contribution in [0.1, 0.15) is 25.5 Å². The zero-order chi connectivity index (χ0) is 8.97. The van der Waals surface area contributed by atoms with Crippen LogP contribution in [0.2, 0.25) is 0 Å². The Hall–Kier alpha value is -1.09. The van der Waals surface area contributed by atoms with Gasteiger partial charge in [0.05, 0.1) is 6.61 Å². The number of nitrogens with zero attached hydrogens (tertiary/aromatic N) is 1. The molecule has 1 rings (SSSR count). The Bertz CT molecular complexity index is 231. The van der Waals surface area contributed by atoms with Crippen LogP contribution in [0.3, 0.4) is 0 Å². The molecule has 0 saturated carbocycles. The first kappa shape index (κ1) is 9.00. The standard InChI is InChI=1S/C9H14N2O/c1-3-12-9-5-4-8(6-11-9)7(2)10/h4-7H,3,10H2,1-2H3/t7-/m0/s1. The maximum atomic E-state index is 5.66. The van der Waals surface area contributed by atoms with Gasteiger partial charge in [-0.15, -0.1) is 0 Å². The Balaban J connectivity index is 2.71. The van der Waals surface area contributed by atoms with Gasteiger partial charge in [0.1, 0.15) is 0 Å². The first-order valence-corrected chi connectivity index (χ1v) is 4.08. The molecule has 0 aliphatic carbocycles. The zero-order valence-corrected chi connectivity index (χ0v) is 7.45. The Labute approximate surface area is 72.6 Å². The van der Waals surface area contributed by atoms with Gasteiger partial charge >= 0.3 is 0 Å². The van der Waals surface area contributed by atoms with Crippen molar-refractivity contribution in [1.82, 2.24) is 4.98 Å². The molecule has 0 amide bonds. The van der Waals surface area contributed by atoms with Gasteiger partial charge in [0, 0.05) is 18.3 Å². The minimum Gasteiger partial charge on any atom is -0.478 e. The molecule has 0 aliphatic heterocycles. The van der Waals surface area contributed by atoms with Crippen LogP contribution in [0.15, 0.2) is 18.3 Å². The van der Waals surface area contributed by atoms with Crippen LogP contribution >= 0.6 is 0 Å². The Morgan fingerprint density at radius 1 is 1.58 bits per heavy atom. The average Bonchev–Trinajstić information content (AvgIpc) is 2.06. The molecule has 1 aromatic rings. The lowest BCUT2D eigenvalue weighted by Crippen LogP contribution is -2.05. The van der Waals surface area contributed by atoms with E-state index in [1.54, 1.807) is 6.20 Å². The molecule has 12 heavy (non-hydrogen) atoms. The van der Waals surface area contributed by atoms with E-state index >= 15 is 0 Å². The van der Waals surface area contributed by atoms with Gasteiger partial charge in [-0.05, 0) is 19.4 Å². The van der Waals surface area contributed by atoms with E-state index in [9.17, 15) is 0 Å². The summed E-state index contributed by atoms with van der Waals surface area (Å²) in [5.74, 6) is 0.655. The third kappa shape index (κ3) is 2.20. The lowest BCUT2D eigenvalue weighted by atomic mass is 10.2. The van der Waals surface area contributed by atoms with Crippen LogP contribution in [-0.2, 0) is 0 Å². The maximum Gasteiger partial charge on any atom is 0.213 e. The molecule has 0 fully saturated rings. The summed E-state index contributed by atoms with van der Waals surface area (Å²) in [6.45, 7) is 4.50. The van der Waals surface area contributed by atoms with E-state index in [4.69, 9.17) is 10.5 Å². The second-order valence-electron chi connectivity index (χ2n) is 2.65. The van der Waals surface area contributed by atoms with Crippen LogP contribution in [0, 0.1) is 0 Å². The highest BCUT2D eigenvalue weighted by Gasteiger charge is 1.99. The van der Waals surface area contributed by atoms with Crippen molar-refractivity contribution >= 4 is 0 Å². The van der Waals surface area contributed by atoms with Crippen LogP contribution in [0.25, 0.3) is 0 Å². The average molecular weight is 166 g/mol. The van der Waals surface area contributed by atoms with Crippen LogP contribution in [0.4, 0.5) is 0 Å². The van der Waals surface area contributed by atoms with Crippen molar-refractivity contribution in [3.8, 4) is 5.88 Å². The minimum atomic E-state index is 0.0353. The summed E-state index contributed by atoms with van der Waals surface area (Å²) in [4.78, 5) is 4.09. The van der Waals surface area contributed by atoms with Crippen LogP contribution in [0.5, 0.6) is 5.88 Å². The van der Waals surface area contributed by atoms with Gasteiger partial charge in [0.15, 0.2) is 0 Å². The second kappa shape index (κ2) is 4.07. The fraction of sp³-hybridized carbons (Fsp3) is 0.444. The van der Waals surface area contributed by atoms with Gasteiger partial charge in [-0.25, -0.2) is 4.98 Å². The summed E-state index contributed by atoms with van der Waals surface area (Å²) in [5.41, 5.74) is 6.68. The number of rotatable bonds is 3. The third-order valence-corrected chi connectivity index (χ3v) is 1.58. The molecule has 1 atom stereocenters. The van der Waals surface area contributed by atoms with E-state index in [0.717, 1.165) is 5.56 Å². The molecule has 66 valence electrons. The molecule has 3 nitrogen and oxygen atoms in total. The Morgan fingerprint density at radius 2 is 2.33 bits per heavy atom. The van der Waals surface area contributed by atoms with Crippen molar-refractivity contribution in [2.45, 2.75) is 19.9 Å². The minimum absolute atomic E-state index is 0.0353. The molecule has 0 aliphatic rings. The molecule has 0 bridgehead atoms. The maximum absolute atomic E-state index is 5.66. The molecule has 1 heterocycles. The van der Waals surface area contributed by atoms with Gasteiger partial charge in [-0.3, -0.25) is 0 Å². The van der Waals surface area contributed by atoms with E-state index in [0.29, 0.717) is 12.5 Å². The van der Waals surface area contributed by atoms with Crippen molar-refractivity contribution in [3.63, 3.8) is 0 Å². The normalized spacial score (nSPS) is 12.6. The predicted octanol–water partition coefficient (Wildman–Crippen LogP) is 1.50. The topological polar surface area (TPSA) is 48.1 Å². The fourth-order valence-electron chi connectivity index (χ4n) is 0.894. The number of aromatic nitrogens is 1. The van der Waals surface area contributed by atoms with Gasteiger partial charge in [-0.1, -0.05) is 6.07 Å². The van der Waals surface area contributed by atoms with Crippen molar-refractivity contribution in [2.75, 3.05) is 6.61 Å². The summed E-state index contributed by atoms with van der Waals surface area (Å²) in [5, 5.41) is 0. The molecule has 3 heteroatoms. The quantitative estimate of drug-likeness (QED) is 0.740. The highest BCUT2D eigenvalue weighted by atomic mass is 16.5. The van der Waals surface area contributed by atoms with Gasteiger partial charge in [0.25, 0.3) is 0 Å². The molecule has 0 spiro atoms. The number of hydrogen-bond acceptors (Lipinski definition) is 3. The summed E-state index contributed by atoms with van der Waals surface area (Å²) in [6, 6.07) is 3.80. The van der Waals surface area contributed by atoms with Crippen LogP contribution < -0.4 is 10.5 Å². The molecular formula is C9H14N2O. The number of ether oxygens (including phenoxy) is 1. The lowest BCUT2D eigenvalue weighted by molar-refractivity contribution is 0.326. The summed E-state index contributed by atoms with van der Waals surface area (Å²) in [6.07, 6.45) is 1.75. The van der Waals surface area contributed by atoms with E-state index in [-0.39, 0.29) is 6.04 Å². The van der Waals surface area contributed by atoms with Crippen molar-refractivity contribution in [2.24, 2.45) is 5.73 Å². The molecule has 0 radical (unpaired) electrons. The van der Waals surface area contributed by atoms with Crippen LogP contribution in [-0.4, -0.2) is 11.6 Å². The summed E-state index contributed by atoms with van der Waals surface area (Å²) >= 11 is 0. The highest BCUT2D eigenvalue weighted by Crippen LogP contribution is 2.11. The molecule has 1 aromatic heterocycles. The number of nitrogens with two attached hydrogens (primary N) is 1. The zero-order valence-electron chi connectivity index (χ0n) is 7.45. The van der Waals surface area contributed by atoms with Gasteiger partial charge < -0.3 is 10.5 Å². The van der Waals surface area contributed by atoms with E-state index < -0.39 is 0 Å². The van der Waals surface area contributed by atoms with E-state index in [1.165, 1.54) is 0 Å². The van der Waals surface area contributed by atoms with Crippen molar-refractivity contribution in [1.29, 1.82) is 0 Å². The lowest BCUT2D eigenvalue weighted by Gasteiger charge is -2.05. The molecule has 0 unspecified atom stereocenters. The largest absolute Gasteiger partial charge is 0.478 e. The van der Waals surface area contributed by atoms with E-state index in [2.05, 4.69) is 4.98 Å². The van der Waals surface area contributed by atoms with Gasteiger partial charge in [-0.2, -0.15) is 0 Å². The smallest absolute Gasteiger partial charge is 0.213 e. The highest BCUT2D eigenvalue weighted by molar-refractivity contribution is 5.19. The number of hydrogen-bond donors (Lipinski definition) is 1. The second-order valence-corrected chi connectivity index (χ2v) is 2.65. The SMILES string of the molecule is CCOc1ccc([C@H](C)N)cn1. The number of pyridine rings is 1. The van der Waals surface area contributed by atoms with Gasteiger partial charge in [0.2, 0.25) is 5.88 Å². The molecule has 0 saturated heterocycles. The Kier molecular flexibility index (Phi) is 3.05.